The first kappa shape index (κ1) is 25.5. The van der Waals surface area contributed by atoms with Crippen LogP contribution >= 0.6 is 0 Å². The number of rotatable bonds is 21. The highest BCUT2D eigenvalue weighted by Gasteiger charge is 1.97. The maximum absolute atomic E-state index is 4.15. The molecule has 0 aromatic heterocycles. The molecule has 0 amide bonds. The Morgan fingerprint density at radius 2 is 1.08 bits per heavy atom. The van der Waals surface area contributed by atoms with Crippen molar-refractivity contribution >= 4 is 0 Å². The summed E-state index contributed by atoms with van der Waals surface area (Å²) in [4.78, 5) is 2.24. The quantitative estimate of drug-likeness (QED) is 0.214. The molecule has 0 aliphatic carbocycles. The predicted octanol–water partition coefficient (Wildman–Crippen LogP) is 7.30. The molecule has 26 heavy (non-hydrogen) atoms. The van der Waals surface area contributed by atoms with Crippen LogP contribution in [0.1, 0.15) is 116 Å². The van der Waals surface area contributed by atoms with Crippen LogP contribution in [0.5, 0.6) is 0 Å². The van der Waals surface area contributed by atoms with Crippen LogP contribution in [-0.2, 0) is 0 Å². The molecule has 0 aromatic carbocycles. The van der Waals surface area contributed by atoms with E-state index in [2.05, 4.69) is 37.8 Å². The van der Waals surface area contributed by atoms with E-state index in [4.69, 9.17) is 0 Å². The monoisotopic (exact) mass is 366 g/mol. The van der Waals surface area contributed by atoms with Crippen molar-refractivity contribution in [3.63, 3.8) is 0 Å². The zero-order chi connectivity index (χ0) is 19.3. The molecule has 0 spiro atoms. The number of allylic oxidation sites excluding steroid dienone is 1. The highest BCUT2D eigenvalue weighted by molar-refractivity contribution is 4.90. The van der Waals surface area contributed by atoms with E-state index in [1.165, 1.54) is 108 Å². The summed E-state index contributed by atoms with van der Waals surface area (Å²) in [6.07, 6.45) is 23.8. The van der Waals surface area contributed by atoms with Crippen molar-refractivity contribution in [1.29, 1.82) is 0 Å². The molecule has 0 saturated heterocycles. The van der Waals surface area contributed by atoms with E-state index in [1.807, 2.05) is 0 Å². The highest BCUT2D eigenvalue weighted by Crippen LogP contribution is 2.14. The molecule has 2 nitrogen and oxygen atoms in total. The Bertz CT molecular complexity index is 286. The minimum Gasteiger partial charge on any atom is -0.389 e. The maximum Gasteiger partial charge on any atom is 0.0155 e. The van der Waals surface area contributed by atoms with Gasteiger partial charge in [-0.05, 0) is 39.9 Å². The lowest BCUT2D eigenvalue weighted by molar-refractivity contribution is 0.397. The summed E-state index contributed by atoms with van der Waals surface area (Å²) in [7, 11) is 4.26. The smallest absolute Gasteiger partial charge is 0.0155 e. The molecule has 0 aromatic rings. The number of hydrogen-bond acceptors (Lipinski definition) is 2. The molecule has 0 bridgehead atoms. The molecule has 0 heterocycles. The molecule has 0 rings (SSSR count). The zero-order valence-corrected chi connectivity index (χ0v) is 18.6. The molecule has 0 saturated carbocycles. The fourth-order valence-electron chi connectivity index (χ4n) is 3.46. The molecule has 1 N–H and O–H groups in total. The minimum atomic E-state index is 1.07. The Hall–Kier alpha value is -0.500. The van der Waals surface area contributed by atoms with E-state index in [1.54, 1.807) is 0 Å². The van der Waals surface area contributed by atoms with Gasteiger partial charge in [0.25, 0.3) is 0 Å². The summed E-state index contributed by atoms with van der Waals surface area (Å²) in [6, 6.07) is 0. The van der Waals surface area contributed by atoms with Gasteiger partial charge in [-0.25, -0.2) is 0 Å². The van der Waals surface area contributed by atoms with E-state index in [-0.39, 0.29) is 0 Å². The standard InChI is InChI=1S/C24H50N2/c1-5-6-7-8-9-10-11-12-13-14-15-16-17-18-19-21-24(2)25-22-20-23-26(3)4/h25H,2,5-23H2,1,3-4H3. The third-order valence-corrected chi connectivity index (χ3v) is 5.24. The van der Waals surface area contributed by atoms with Gasteiger partial charge in [0, 0.05) is 12.2 Å². The number of hydrogen-bond donors (Lipinski definition) is 1. The molecule has 0 aliphatic rings. The first-order valence-corrected chi connectivity index (χ1v) is 11.7. The van der Waals surface area contributed by atoms with Crippen LogP contribution in [0.3, 0.4) is 0 Å². The lowest BCUT2D eigenvalue weighted by Gasteiger charge is -2.12. The molecule has 0 unspecified atom stereocenters. The lowest BCUT2D eigenvalue weighted by atomic mass is 10.0. The molecule has 2 heteroatoms. The summed E-state index contributed by atoms with van der Waals surface area (Å²) < 4.78 is 0. The van der Waals surface area contributed by atoms with Crippen LogP contribution in [0, 0.1) is 0 Å². The minimum absolute atomic E-state index is 1.07. The predicted molar refractivity (Wildman–Crippen MR) is 120 cm³/mol. The van der Waals surface area contributed by atoms with E-state index in [0.717, 1.165) is 19.5 Å². The van der Waals surface area contributed by atoms with Gasteiger partial charge in [-0.2, -0.15) is 0 Å². The first-order valence-electron chi connectivity index (χ1n) is 11.7. The van der Waals surface area contributed by atoms with Gasteiger partial charge >= 0.3 is 0 Å². The second kappa shape index (κ2) is 20.8. The van der Waals surface area contributed by atoms with Gasteiger partial charge in [-0.15, -0.1) is 0 Å². The topological polar surface area (TPSA) is 15.3 Å². The molecular weight excluding hydrogens is 316 g/mol. The van der Waals surface area contributed by atoms with Crippen LogP contribution < -0.4 is 5.32 Å². The third-order valence-electron chi connectivity index (χ3n) is 5.24. The molecule has 156 valence electrons. The van der Waals surface area contributed by atoms with Gasteiger partial charge in [-0.3, -0.25) is 0 Å². The SMILES string of the molecule is C=C(CCCCCCCCCCCCCCCCC)NCCCN(C)C. The normalized spacial score (nSPS) is 11.2. The van der Waals surface area contributed by atoms with E-state index in [0.29, 0.717) is 0 Å². The van der Waals surface area contributed by atoms with Gasteiger partial charge in [0.05, 0.1) is 0 Å². The van der Waals surface area contributed by atoms with Crippen LogP contribution in [0.25, 0.3) is 0 Å². The van der Waals surface area contributed by atoms with Gasteiger partial charge in [0.2, 0.25) is 0 Å². The van der Waals surface area contributed by atoms with Crippen LogP contribution in [0.4, 0.5) is 0 Å². The van der Waals surface area contributed by atoms with Gasteiger partial charge < -0.3 is 10.2 Å². The molecule has 0 atom stereocenters. The van der Waals surface area contributed by atoms with Crippen molar-refractivity contribution in [3.8, 4) is 0 Å². The van der Waals surface area contributed by atoms with E-state index in [9.17, 15) is 0 Å². The Kier molecular flexibility index (Phi) is 20.4. The van der Waals surface area contributed by atoms with Gasteiger partial charge in [0.1, 0.15) is 0 Å². The average Bonchev–Trinajstić information content (AvgIpc) is 2.62. The van der Waals surface area contributed by atoms with Crippen molar-refractivity contribution in [2.75, 3.05) is 27.2 Å². The number of nitrogens with one attached hydrogen (secondary N) is 1. The Morgan fingerprint density at radius 3 is 1.50 bits per heavy atom. The first-order chi connectivity index (χ1) is 12.7. The second-order valence-electron chi connectivity index (χ2n) is 8.39. The Balaban J connectivity index is 3.11. The number of unbranched alkanes of at least 4 members (excludes halogenated alkanes) is 14. The van der Waals surface area contributed by atoms with Crippen molar-refractivity contribution in [2.45, 2.75) is 116 Å². The second-order valence-corrected chi connectivity index (χ2v) is 8.39. The van der Waals surface area contributed by atoms with E-state index < -0.39 is 0 Å². The molecule has 0 radical (unpaired) electrons. The van der Waals surface area contributed by atoms with Crippen LogP contribution in [-0.4, -0.2) is 32.1 Å². The van der Waals surface area contributed by atoms with Crippen LogP contribution in [0.2, 0.25) is 0 Å². The van der Waals surface area contributed by atoms with Crippen LogP contribution in [0.15, 0.2) is 12.3 Å². The summed E-state index contributed by atoms with van der Waals surface area (Å²) in [5.74, 6) is 0. The largest absolute Gasteiger partial charge is 0.389 e. The summed E-state index contributed by atoms with van der Waals surface area (Å²) in [6.45, 7) is 8.66. The van der Waals surface area contributed by atoms with Crippen molar-refractivity contribution < 1.29 is 0 Å². The summed E-state index contributed by atoms with van der Waals surface area (Å²) >= 11 is 0. The molecule has 0 fully saturated rings. The van der Waals surface area contributed by atoms with E-state index >= 15 is 0 Å². The highest BCUT2D eigenvalue weighted by atomic mass is 15.1. The number of nitrogens with zero attached hydrogens (tertiary/aromatic N) is 1. The summed E-state index contributed by atoms with van der Waals surface area (Å²) in [5, 5.41) is 3.47. The third kappa shape index (κ3) is 21.5. The van der Waals surface area contributed by atoms with Gasteiger partial charge in [0.15, 0.2) is 0 Å². The molecular formula is C24H50N2. The average molecular weight is 367 g/mol. The summed E-state index contributed by atoms with van der Waals surface area (Å²) in [5.41, 5.74) is 1.23. The van der Waals surface area contributed by atoms with Gasteiger partial charge in [-0.1, -0.05) is 103 Å². The fourth-order valence-corrected chi connectivity index (χ4v) is 3.46. The molecule has 0 aliphatic heterocycles. The van der Waals surface area contributed by atoms with Crippen molar-refractivity contribution in [3.05, 3.63) is 12.3 Å². The van der Waals surface area contributed by atoms with Crippen molar-refractivity contribution in [1.82, 2.24) is 10.2 Å². The fraction of sp³-hybridized carbons (Fsp3) is 0.917. The maximum atomic E-state index is 4.15. The Labute approximate surface area is 166 Å². The lowest BCUT2D eigenvalue weighted by Crippen LogP contribution is -2.20. The van der Waals surface area contributed by atoms with Crippen molar-refractivity contribution in [2.24, 2.45) is 0 Å². The Morgan fingerprint density at radius 1 is 0.654 bits per heavy atom. The zero-order valence-electron chi connectivity index (χ0n) is 18.6.